The van der Waals surface area contributed by atoms with Crippen molar-refractivity contribution in [3.63, 3.8) is 0 Å². The lowest BCUT2D eigenvalue weighted by Crippen LogP contribution is -2.36. The van der Waals surface area contributed by atoms with Crippen molar-refractivity contribution in [2.24, 2.45) is 4.99 Å². The number of aliphatic imine (C=N–C) groups is 1. The van der Waals surface area contributed by atoms with Crippen LogP contribution in [0.15, 0.2) is 53.5 Å². The molecule has 0 bridgehead atoms. The number of carbonyl (C=O) groups is 2. The van der Waals surface area contributed by atoms with Crippen LogP contribution in [0.2, 0.25) is 0 Å². The van der Waals surface area contributed by atoms with E-state index in [2.05, 4.69) is 20.9 Å². The lowest BCUT2D eigenvalue weighted by Gasteiger charge is -2.16. The number of nitrogens with zero attached hydrogens (tertiary/aromatic N) is 2. The minimum Gasteiger partial charge on any atom is -0.357 e. The van der Waals surface area contributed by atoms with E-state index >= 15 is 0 Å². The average Bonchev–Trinajstić information content (AvgIpc) is 3.22. The number of amides is 2. The Morgan fingerprint density at radius 3 is 2.56 bits per heavy atom. The summed E-state index contributed by atoms with van der Waals surface area (Å²) >= 11 is 0. The number of carbonyl (C=O) groups excluding carboxylic acids is 2. The Hall–Kier alpha value is -3.35. The molecule has 2 aromatic rings. The van der Waals surface area contributed by atoms with E-state index in [1.54, 1.807) is 0 Å². The lowest BCUT2D eigenvalue weighted by molar-refractivity contribution is -0.117. The van der Waals surface area contributed by atoms with Gasteiger partial charge in [0, 0.05) is 43.9 Å². The molecule has 2 aromatic carbocycles. The Bertz CT molecular complexity index is 940. The fraction of sp³-hybridized carbons (Fsp3) is 0.400. The molecule has 1 aliphatic rings. The van der Waals surface area contributed by atoms with E-state index in [4.69, 9.17) is 0 Å². The van der Waals surface area contributed by atoms with Crippen LogP contribution in [-0.4, -0.2) is 30.9 Å². The van der Waals surface area contributed by atoms with E-state index in [1.807, 2.05) is 67.3 Å². The molecule has 7 heteroatoms. The third-order valence-electron chi connectivity index (χ3n) is 5.23. The van der Waals surface area contributed by atoms with Crippen molar-refractivity contribution in [1.29, 1.82) is 0 Å². The molecule has 0 spiro atoms. The van der Waals surface area contributed by atoms with Gasteiger partial charge in [0.25, 0.3) is 0 Å². The summed E-state index contributed by atoms with van der Waals surface area (Å²) in [5.41, 5.74) is 3.90. The van der Waals surface area contributed by atoms with Crippen molar-refractivity contribution in [2.45, 2.75) is 52.6 Å². The molecule has 2 amide bonds. The molecular weight excluding hydrogens is 402 g/mol. The van der Waals surface area contributed by atoms with E-state index in [-0.39, 0.29) is 11.8 Å². The molecule has 32 heavy (non-hydrogen) atoms. The summed E-state index contributed by atoms with van der Waals surface area (Å²) in [5.74, 6) is 0.960. The zero-order valence-electron chi connectivity index (χ0n) is 19.0. The van der Waals surface area contributed by atoms with Crippen LogP contribution in [0.1, 0.15) is 50.7 Å². The Morgan fingerprint density at radius 2 is 1.88 bits per heavy atom. The number of hydrogen-bond acceptors (Lipinski definition) is 3. The van der Waals surface area contributed by atoms with Crippen molar-refractivity contribution in [3.8, 4) is 0 Å². The van der Waals surface area contributed by atoms with E-state index in [1.165, 1.54) is 0 Å². The largest absolute Gasteiger partial charge is 0.357 e. The first-order valence-electron chi connectivity index (χ1n) is 11.4. The zero-order chi connectivity index (χ0) is 22.8. The quantitative estimate of drug-likeness (QED) is 0.413. The summed E-state index contributed by atoms with van der Waals surface area (Å²) in [4.78, 5) is 30.3. The Labute approximate surface area is 190 Å². The van der Waals surface area contributed by atoms with Crippen LogP contribution in [0.25, 0.3) is 0 Å². The smallest absolute Gasteiger partial charge is 0.227 e. The van der Waals surface area contributed by atoms with Crippen molar-refractivity contribution in [3.05, 3.63) is 59.7 Å². The summed E-state index contributed by atoms with van der Waals surface area (Å²) in [7, 11) is 0. The monoisotopic (exact) mass is 435 g/mol. The standard InChI is InChI=1S/C25H33N5O2/c1-3-7-23(31)29-21-9-5-8-20(16-21)18-28-25(26-4-2)27-17-19-11-13-22(14-12-19)30-15-6-10-24(30)32/h5,8-9,11-14,16H,3-4,6-7,10,15,17-18H2,1-2H3,(H,29,31)(H2,26,27,28). The minimum atomic E-state index is 0.0308. The molecule has 1 fully saturated rings. The van der Waals surface area contributed by atoms with Gasteiger partial charge in [0.2, 0.25) is 11.8 Å². The van der Waals surface area contributed by atoms with Gasteiger partial charge < -0.3 is 20.9 Å². The highest BCUT2D eigenvalue weighted by atomic mass is 16.2. The third kappa shape index (κ3) is 6.83. The van der Waals surface area contributed by atoms with E-state index < -0.39 is 0 Å². The molecule has 0 saturated carbocycles. The second kappa shape index (κ2) is 11.9. The molecule has 0 aromatic heterocycles. The highest BCUT2D eigenvalue weighted by molar-refractivity contribution is 5.95. The summed E-state index contributed by atoms with van der Waals surface area (Å²) in [6.07, 6.45) is 2.91. The predicted molar refractivity (Wildman–Crippen MR) is 130 cm³/mol. The molecule has 1 saturated heterocycles. The Morgan fingerprint density at radius 1 is 1.06 bits per heavy atom. The fourth-order valence-electron chi connectivity index (χ4n) is 3.61. The van der Waals surface area contributed by atoms with Crippen molar-refractivity contribution in [1.82, 2.24) is 10.6 Å². The number of anilines is 2. The number of guanidine groups is 1. The average molecular weight is 436 g/mol. The van der Waals surface area contributed by atoms with Crippen LogP contribution in [-0.2, 0) is 22.7 Å². The molecule has 0 radical (unpaired) electrons. The van der Waals surface area contributed by atoms with Gasteiger partial charge in [-0.15, -0.1) is 0 Å². The number of hydrogen-bond donors (Lipinski definition) is 3. The lowest BCUT2D eigenvalue weighted by atomic mass is 10.2. The number of benzene rings is 2. The maximum Gasteiger partial charge on any atom is 0.227 e. The summed E-state index contributed by atoms with van der Waals surface area (Å²) in [5, 5.41) is 9.55. The summed E-state index contributed by atoms with van der Waals surface area (Å²) in [6, 6.07) is 15.9. The minimum absolute atomic E-state index is 0.0308. The molecule has 3 rings (SSSR count). The van der Waals surface area contributed by atoms with Crippen LogP contribution in [0.3, 0.4) is 0 Å². The molecular formula is C25H33N5O2. The summed E-state index contributed by atoms with van der Waals surface area (Å²) in [6.45, 7) is 6.72. The summed E-state index contributed by atoms with van der Waals surface area (Å²) < 4.78 is 0. The van der Waals surface area contributed by atoms with Gasteiger partial charge in [0.1, 0.15) is 0 Å². The van der Waals surface area contributed by atoms with Gasteiger partial charge in [-0.25, -0.2) is 4.99 Å². The predicted octanol–water partition coefficient (Wildman–Crippen LogP) is 3.81. The topological polar surface area (TPSA) is 85.8 Å². The highest BCUT2D eigenvalue weighted by Crippen LogP contribution is 2.21. The van der Waals surface area contributed by atoms with E-state index in [0.29, 0.717) is 25.9 Å². The number of rotatable bonds is 9. The van der Waals surface area contributed by atoms with Crippen LogP contribution < -0.4 is 20.9 Å². The molecule has 0 atom stereocenters. The highest BCUT2D eigenvalue weighted by Gasteiger charge is 2.21. The first-order chi connectivity index (χ1) is 15.6. The maximum atomic E-state index is 11.9. The van der Waals surface area contributed by atoms with Gasteiger partial charge >= 0.3 is 0 Å². The van der Waals surface area contributed by atoms with Gasteiger partial charge in [-0.05, 0) is 55.2 Å². The van der Waals surface area contributed by atoms with Crippen LogP contribution in [0.5, 0.6) is 0 Å². The normalized spacial score (nSPS) is 13.9. The zero-order valence-corrected chi connectivity index (χ0v) is 19.0. The Kier molecular flexibility index (Phi) is 8.66. The van der Waals surface area contributed by atoms with E-state index in [9.17, 15) is 9.59 Å². The molecule has 0 unspecified atom stereocenters. The molecule has 1 heterocycles. The van der Waals surface area contributed by atoms with Gasteiger partial charge in [-0.1, -0.05) is 31.2 Å². The molecule has 3 N–H and O–H groups in total. The first kappa shape index (κ1) is 23.3. The van der Waals surface area contributed by atoms with Gasteiger partial charge in [0.05, 0.1) is 6.54 Å². The van der Waals surface area contributed by atoms with Gasteiger partial charge in [0.15, 0.2) is 5.96 Å². The SMILES string of the molecule is CCCC(=O)Nc1cccc(CN=C(NCC)NCc2ccc(N3CCCC3=O)cc2)c1. The van der Waals surface area contributed by atoms with Gasteiger partial charge in [-0.3, -0.25) is 9.59 Å². The third-order valence-corrected chi connectivity index (χ3v) is 5.23. The number of nitrogens with one attached hydrogen (secondary N) is 3. The van der Waals surface area contributed by atoms with Crippen molar-refractivity contribution in [2.75, 3.05) is 23.3 Å². The van der Waals surface area contributed by atoms with Crippen LogP contribution in [0.4, 0.5) is 11.4 Å². The Balaban J connectivity index is 1.57. The van der Waals surface area contributed by atoms with E-state index in [0.717, 1.165) is 54.4 Å². The molecule has 170 valence electrons. The van der Waals surface area contributed by atoms with Crippen molar-refractivity contribution >= 4 is 29.1 Å². The second-order valence-electron chi connectivity index (χ2n) is 7.86. The molecule has 0 aliphatic carbocycles. The molecule has 1 aliphatic heterocycles. The van der Waals surface area contributed by atoms with Crippen LogP contribution in [0, 0.1) is 0 Å². The first-order valence-corrected chi connectivity index (χ1v) is 11.4. The van der Waals surface area contributed by atoms with Gasteiger partial charge in [-0.2, -0.15) is 0 Å². The van der Waals surface area contributed by atoms with Crippen molar-refractivity contribution < 1.29 is 9.59 Å². The molecule has 7 nitrogen and oxygen atoms in total. The fourth-order valence-corrected chi connectivity index (χ4v) is 3.61. The second-order valence-corrected chi connectivity index (χ2v) is 7.86. The maximum absolute atomic E-state index is 11.9. The van der Waals surface area contributed by atoms with Crippen LogP contribution >= 0.6 is 0 Å².